The van der Waals surface area contributed by atoms with Crippen molar-refractivity contribution in [2.24, 2.45) is 4.99 Å². The van der Waals surface area contributed by atoms with Crippen LogP contribution in [0.3, 0.4) is 0 Å². The van der Waals surface area contributed by atoms with E-state index in [-0.39, 0.29) is 89.9 Å². The Kier molecular flexibility index (Phi) is 15.2. The number of hydrogen-bond donors (Lipinski definition) is 0. The van der Waals surface area contributed by atoms with Crippen molar-refractivity contribution in [2.75, 3.05) is 23.0 Å². The first kappa shape index (κ1) is 44.7. The van der Waals surface area contributed by atoms with Crippen LogP contribution in [-0.4, -0.2) is 62.7 Å². The first-order chi connectivity index (χ1) is 21.5. The van der Waals surface area contributed by atoms with E-state index in [1.165, 1.54) is 18.2 Å². The number of pyridine rings is 1. The second-order valence-corrected chi connectivity index (χ2v) is 18.1. The van der Waals surface area contributed by atoms with Gasteiger partial charge in [0.1, 0.15) is 16.3 Å². The van der Waals surface area contributed by atoms with Gasteiger partial charge in [-0.05, 0) is 85.8 Å². The maximum absolute atomic E-state index is 11.8. The van der Waals surface area contributed by atoms with E-state index < -0.39 is 52.7 Å². The minimum absolute atomic E-state index is 0. The van der Waals surface area contributed by atoms with Crippen molar-refractivity contribution in [2.45, 2.75) is 62.8 Å². The number of fused-ring (bicyclic) bond motifs is 2. The summed E-state index contributed by atoms with van der Waals surface area (Å²) >= 11 is 9.92. The molecule has 19 heteroatoms. The Hall–Kier alpha value is -0.440. The average Bonchev–Trinajstić information content (AvgIpc) is 3.29. The third-order valence-corrected chi connectivity index (χ3v) is 11.3. The molecule has 0 saturated heterocycles. The largest absolute Gasteiger partial charge is 1.00 e. The van der Waals surface area contributed by atoms with Crippen molar-refractivity contribution >= 4 is 75.1 Å². The van der Waals surface area contributed by atoms with Gasteiger partial charge >= 0.3 is 64.9 Å². The van der Waals surface area contributed by atoms with Crippen molar-refractivity contribution in [1.82, 2.24) is 0 Å². The normalized spacial score (nSPS) is 17.8. The summed E-state index contributed by atoms with van der Waals surface area (Å²) in [7, 11) is -13.5. The molecule has 0 saturated carbocycles. The van der Waals surface area contributed by atoms with Crippen molar-refractivity contribution in [3.05, 3.63) is 81.1 Å². The Morgan fingerprint density at radius 1 is 0.939 bits per heavy atom. The Labute approximate surface area is 345 Å². The number of aromatic nitrogens is 1. The number of hydrogen-bond acceptors (Lipinski definition) is 11. The Morgan fingerprint density at radius 3 is 2.14 bits per heavy atom. The molecule has 4 rings (SSSR count). The van der Waals surface area contributed by atoms with Crippen LogP contribution in [-0.2, 0) is 47.7 Å². The predicted octanol–water partition coefficient (Wildman–Crippen LogP) is -1.71. The van der Waals surface area contributed by atoms with Gasteiger partial charge in [-0.1, -0.05) is 41.4 Å². The number of aryl methyl sites for hydroxylation is 1. The van der Waals surface area contributed by atoms with E-state index in [1.54, 1.807) is 35.1 Å². The molecule has 0 aliphatic carbocycles. The van der Waals surface area contributed by atoms with Gasteiger partial charge in [-0.15, -0.1) is 0 Å². The number of nitrogens with zero attached hydrogens (tertiary/aromatic N) is 3. The van der Waals surface area contributed by atoms with Gasteiger partial charge in [0, 0.05) is 39.3 Å². The molecule has 0 bridgehead atoms. The summed E-state index contributed by atoms with van der Waals surface area (Å²) in [5, 5.41) is 0.437. The fourth-order valence-corrected chi connectivity index (χ4v) is 7.68. The second kappa shape index (κ2) is 16.7. The first-order valence-electron chi connectivity index (χ1n) is 14.3. The zero-order chi connectivity index (χ0) is 35.2. The zero-order valence-corrected chi connectivity index (χ0v) is 36.7. The molecule has 0 amide bonds. The third kappa shape index (κ3) is 11.0. The van der Waals surface area contributed by atoms with E-state index in [2.05, 4.69) is 15.9 Å². The SMILES string of the molecule is CC1(C)C(/C=C/C(Br)=C/C=C2/N(CCCS(=O)(=O)[O-])c3ccc(S(=O)(=O)[O-])cc3C2(C)C)=Nc2c1cc(Cl)c[n+]2CCCS(=O)(=O)[O-].[Na+].[Na+]. The zero-order valence-electron chi connectivity index (χ0n) is 27.9. The van der Waals surface area contributed by atoms with Crippen LogP contribution in [0.25, 0.3) is 0 Å². The van der Waals surface area contributed by atoms with Crippen LogP contribution in [0.4, 0.5) is 11.5 Å². The summed E-state index contributed by atoms with van der Waals surface area (Å²) < 4.78 is 105. The number of allylic oxidation sites excluding steroid dienone is 6. The molecule has 256 valence electrons. The fourth-order valence-electron chi connectivity index (χ4n) is 5.73. The molecular formula is C30H33BrClN3Na2O9S3. The molecule has 2 aliphatic rings. The molecule has 0 unspecified atom stereocenters. The Morgan fingerprint density at radius 2 is 1.55 bits per heavy atom. The average molecular weight is 837 g/mol. The molecule has 0 radical (unpaired) electrons. The topological polar surface area (TPSA) is 191 Å². The molecule has 1 aromatic heterocycles. The minimum atomic E-state index is -4.73. The molecule has 2 aromatic rings. The van der Waals surface area contributed by atoms with E-state index in [9.17, 15) is 38.9 Å². The van der Waals surface area contributed by atoms with E-state index in [0.29, 0.717) is 38.0 Å². The van der Waals surface area contributed by atoms with Gasteiger partial charge < -0.3 is 18.6 Å². The second-order valence-electron chi connectivity index (χ2n) is 12.3. The van der Waals surface area contributed by atoms with Gasteiger partial charge in [0.2, 0.25) is 0 Å². The van der Waals surface area contributed by atoms with Crippen molar-refractivity contribution in [1.29, 1.82) is 0 Å². The third-order valence-electron chi connectivity index (χ3n) is 8.14. The maximum Gasteiger partial charge on any atom is 1.00 e. The van der Waals surface area contributed by atoms with Crippen LogP contribution in [0.1, 0.15) is 51.7 Å². The quantitative estimate of drug-likeness (QED) is 0.103. The molecule has 2 aliphatic heterocycles. The van der Waals surface area contributed by atoms with Gasteiger partial charge in [0.05, 0.1) is 47.7 Å². The van der Waals surface area contributed by atoms with Gasteiger partial charge in [-0.25, -0.2) is 29.8 Å². The van der Waals surface area contributed by atoms with Crippen LogP contribution in [0, 0.1) is 0 Å². The van der Waals surface area contributed by atoms with Crippen molar-refractivity contribution in [3.8, 4) is 0 Å². The van der Waals surface area contributed by atoms with E-state index >= 15 is 0 Å². The number of halogens is 2. The fraction of sp³-hybridized carbons (Fsp3) is 0.400. The van der Waals surface area contributed by atoms with Crippen LogP contribution in [0.15, 0.2) is 74.8 Å². The molecule has 3 heterocycles. The Bertz CT molecular complexity index is 2070. The molecule has 49 heavy (non-hydrogen) atoms. The van der Waals surface area contributed by atoms with Gasteiger partial charge in [0.15, 0.2) is 5.71 Å². The van der Waals surface area contributed by atoms with E-state index in [1.807, 2.05) is 38.7 Å². The van der Waals surface area contributed by atoms with Crippen molar-refractivity contribution < 1.29 is 103 Å². The summed E-state index contributed by atoms with van der Waals surface area (Å²) in [6, 6.07) is 5.83. The molecule has 0 atom stereocenters. The molecule has 0 N–H and O–H groups in total. The summed E-state index contributed by atoms with van der Waals surface area (Å²) in [4.78, 5) is 6.23. The molecule has 1 aromatic carbocycles. The number of rotatable bonds is 12. The molecule has 0 spiro atoms. The van der Waals surface area contributed by atoms with Crippen LogP contribution >= 0.6 is 27.5 Å². The smallest absolute Gasteiger partial charge is 0.748 e. The van der Waals surface area contributed by atoms with Crippen LogP contribution in [0.5, 0.6) is 0 Å². The van der Waals surface area contributed by atoms with Gasteiger partial charge in [-0.3, -0.25) is 0 Å². The van der Waals surface area contributed by atoms with E-state index in [4.69, 9.17) is 16.6 Å². The predicted molar refractivity (Wildman–Crippen MR) is 179 cm³/mol. The standard InChI is InChI=1S/C30H35BrClN3O9S3.2Na/c1-29(2)24-17-21(32)19-34(13-5-15-45(36,37)38)28(24)33-26(29)11-7-20(31)8-12-27-30(3,4)23-18-22(47(42,43)44)9-10-25(23)35(27)14-6-16-46(39,40)41;;/h7-12,17-19H,5-6,13-16H2,1-4H3,(H2-,36,37,38,39,40,41,42,43,44);;/q;2*+1/p-2. The number of benzene rings is 1. The molecule has 12 nitrogen and oxygen atoms in total. The van der Waals surface area contributed by atoms with Gasteiger partial charge in [0.25, 0.3) is 0 Å². The molecule has 0 fully saturated rings. The summed E-state index contributed by atoms with van der Waals surface area (Å²) in [5.74, 6) is -0.486. The Balaban J connectivity index is 0.00000417. The van der Waals surface area contributed by atoms with Gasteiger partial charge in [-0.2, -0.15) is 0 Å². The van der Waals surface area contributed by atoms with Crippen molar-refractivity contribution in [3.63, 3.8) is 0 Å². The summed E-state index contributed by atoms with van der Waals surface area (Å²) in [6.07, 6.45) is 8.92. The first-order valence-corrected chi connectivity index (χ1v) is 20.1. The summed E-state index contributed by atoms with van der Waals surface area (Å²) in [5.41, 5.74) is 2.00. The number of aliphatic imine (C=N–C) groups is 1. The summed E-state index contributed by atoms with van der Waals surface area (Å²) in [6.45, 7) is 8.02. The monoisotopic (exact) mass is 835 g/mol. The van der Waals surface area contributed by atoms with Crippen LogP contribution < -0.4 is 68.6 Å². The van der Waals surface area contributed by atoms with E-state index in [0.717, 1.165) is 5.56 Å². The maximum atomic E-state index is 11.8. The number of anilines is 1. The molecular weight excluding hydrogens is 804 g/mol. The minimum Gasteiger partial charge on any atom is -0.748 e. The van der Waals surface area contributed by atoms with Crippen LogP contribution in [0.2, 0.25) is 5.02 Å².